The van der Waals surface area contributed by atoms with Crippen LogP contribution < -0.4 is 4.74 Å². The van der Waals surface area contributed by atoms with Gasteiger partial charge in [-0.3, -0.25) is 0 Å². The van der Waals surface area contributed by atoms with Crippen LogP contribution in [-0.4, -0.2) is 15.4 Å². The van der Waals surface area contributed by atoms with Gasteiger partial charge in [-0.15, -0.1) is 10.2 Å². The van der Waals surface area contributed by atoms with Crippen molar-refractivity contribution < 1.29 is 13.7 Å². The summed E-state index contributed by atoms with van der Waals surface area (Å²) in [7, 11) is 0. The van der Waals surface area contributed by atoms with Crippen LogP contribution >= 0.6 is 11.8 Å². The fourth-order valence-corrected chi connectivity index (χ4v) is 3.27. The highest BCUT2D eigenvalue weighted by atomic mass is 32.2. The van der Waals surface area contributed by atoms with Crippen LogP contribution in [0.4, 0.5) is 0 Å². The molecule has 0 aliphatic heterocycles. The third-order valence-corrected chi connectivity index (χ3v) is 4.96. The Labute approximate surface area is 166 Å². The minimum Gasteiger partial charge on any atom is -0.484 e. The molecule has 0 aliphatic rings. The Morgan fingerprint density at radius 1 is 1.00 bits per heavy atom. The lowest BCUT2D eigenvalue weighted by Gasteiger charge is -2.07. The Morgan fingerprint density at radius 3 is 2.71 bits per heavy atom. The summed E-state index contributed by atoms with van der Waals surface area (Å²) < 4.78 is 16.8. The predicted molar refractivity (Wildman–Crippen MR) is 106 cm³/mol. The minimum absolute atomic E-state index is 0.236. The number of rotatable bonds is 7. The van der Waals surface area contributed by atoms with Gasteiger partial charge in [0.05, 0.1) is 5.69 Å². The lowest BCUT2D eigenvalue weighted by molar-refractivity contribution is 0.250. The normalized spacial score (nSPS) is 10.9. The zero-order chi connectivity index (χ0) is 19.3. The molecule has 142 valence electrons. The van der Waals surface area contributed by atoms with Crippen LogP contribution in [0.5, 0.6) is 5.75 Å². The first-order valence-electron chi connectivity index (χ1n) is 8.83. The third kappa shape index (κ3) is 4.43. The summed E-state index contributed by atoms with van der Waals surface area (Å²) >= 11 is 1.41. The average molecular weight is 393 g/mol. The molecule has 0 saturated carbocycles. The molecule has 2 aromatic heterocycles. The second-order valence-corrected chi connectivity index (χ2v) is 7.28. The molecule has 7 heteroatoms. The molecule has 0 spiro atoms. The van der Waals surface area contributed by atoms with E-state index in [1.54, 1.807) is 0 Å². The van der Waals surface area contributed by atoms with Gasteiger partial charge in [0.15, 0.2) is 12.4 Å². The van der Waals surface area contributed by atoms with Crippen molar-refractivity contribution in [1.29, 1.82) is 0 Å². The van der Waals surface area contributed by atoms with Gasteiger partial charge < -0.3 is 13.7 Å². The molecule has 0 bridgehead atoms. The smallest absolute Gasteiger partial charge is 0.277 e. The van der Waals surface area contributed by atoms with E-state index in [0.717, 1.165) is 33.9 Å². The van der Waals surface area contributed by atoms with Crippen LogP contribution in [0.1, 0.15) is 22.7 Å². The maximum Gasteiger partial charge on any atom is 0.277 e. The van der Waals surface area contributed by atoms with Gasteiger partial charge in [0.2, 0.25) is 0 Å². The molecule has 28 heavy (non-hydrogen) atoms. The molecule has 0 atom stereocenters. The fourth-order valence-electron chi connectivity index (χ4n) is 2.61. The van der Waals surface area contributed by atoms with Gasteiger partial charge in [-0.05, 0) is 31.0 Å². The lowest BCUT2D eigenvalue weighted by Crippen LogP contribution is -1.97. The average Bonchev–Trinajstić information content (AvgIpc) is 3.37. The van der Waals surface area contributed by atoms with Crippen molar-refractivity contribution in [2.24, 2.45) is 0 Å². The van der Waals surface area contributed by atoms with Gasteiger partial charge in [-0.25, -0.2) is 0 Å². The first-order chi connectivity index (χ1) is 13.7. The van der Waals surface area contributed by atoms with Crippen molar-refractivity contribution in [3.63, 3.8) is 0 Å². The summed E-state index contributed by atoms with van der Waals surface area (Å²) in [6, 6.07) is 17.9. The summed E-state index contributed by atoms with van der Waals surface area (Å²) in [6.45, 7) is 4.27. The molecule has 6 nitrogen and oxygen atoms in total. The van der Waals surface area contributed by atoms with Gasteiger partial charge in [-0.2, -0.15) is 0 Å². The molecule has 0 radical (unpaired) electrons. The van der Waals surface area contributed by atoms with E-state index in [9.17, 15) is 0 Å². The van der Waals surface area contributed by atoms with Crippen LogP contribution in [-0.2, 0) is 12.4 Å². The monoisotopic (exact) mass is 393 g/mol. The Bertz CT molecular complexity index is 1060. The number of hydrogen-bond donors (Lipinski definition) is 0. The molecule has 4 aromatic rings. The van der Waals surface area contributed by atoms with Gasteiger partial charge >= 0.3 is 0 Å². The summed E-state index contributed by atoms with van der Waals surface area (Å²) in [4.78, 5) is 0. The molecule has 0 saturated heterocycles. The van der Waals surface area contributed by atoms with E-state index in [1.807, 2.05) is 62.4 Å². The van der Waals surface area contributed by atoms with E-state index >= 15 is 0 Å². The molecule has 2 heterocycles. The van der Waals surface area contributed by atoms with Gasteiger partial charge in [0.1, 0.15) is 5.75 Å². The van der Waals surface area contributed by atoms with E-state index in [2.05, 4.69) is 21.4 Å². The molecule has 0 N–H and O–H groups in total. The summed E-state index contributed by atoms with van der Waals surface area (Å²) in [5, 5.41) is 12.7. The number of ether oxygens (including phenoxy) is 1. The summed E-state index contributed by atoms with van der Waals surface area (Å²) in [6.07, 6.45) is 0. The van der Waals surface area contributed by atoms with E-state index in [-0.39, 0.29) is 6.61 Å². The Morgan fingerprint density at radius 2 is 1.86 bits per heavy atom. The number of nitrogens with zero attached hydrogens (tertiary/aromatic N) is 3. The Kier molecular flexibility index (Phi) is 5.43. The standard InChI is InChI=1S/C21H19N3O3S/c1-14-8-9-15(2)18(10-14)25-12-20-22-23-21(26-20)28-13-17-11-19(27-24-17)16-6-4-3-5-7-16/h3-11H,12-13H2,1-2H3. The van der Waals surface area contributed by atoms with Gasteiger partial charge in [0, 0.05) is 17.4 Å². The molecule has 2 aromatic carbocycles. The SMILES string of the molecule is Cc1ccc(C)c(OCc2nnc(SCc3cc(-c4ccccc4)on3)o2)c1. The first kappa shape index (κ1) is 18.3. The maximum absolute atomic E-state index is 5.80. The molecular weight excluding hydrogens is 374 g/mol. The zero-order valence-corrected chi connectivity index (χ0v) is 16.4. The van der Waals surface area contributed by atoms with E-state index in [4.69, 9.17) is 13.7 Å². The lowest BCUT2D eigenvalue weighted by atomic mass is 10.1. The molecular formula is C21H19N3O3S. The molecule has 4 rings (SSSR count). The topological polar surface area (TPSA) is 74.2 Å². The fraction of sp³-hybridized carbons (Fsp3) is 0.190. The van der Waals surface area contributed by atoms with Crippen molar-refractivity contribution in [3.8, 4) is 17.1 Å². The van der Waals surface area contributed by atoms with Crippen LogP contribution in [0.25, 0.3) is 11.3 Å². The van der Waals surface area contributed by atoms with E-state index in [1.165, 1.54) is 11.8 Å². The second-order valence-electron chi connectivity index (χ2n) is 6.36. The third-order valence-electron chi connectivity index (χ3n) is 4.10. The Balaban J connectivity index is 1.33. The largest absolute Gasteiger partial charge is 0.484 e. The van der Waals surface area contributed by atoms with E-state index < -0.39 is 0 Å². The highest BCUT2D eigenvalue weighted by molar-refractivity contribution is 7.98. The number of benzene rings is 2. The predicted octanol–water partition coefficient (Wildman–Crippen LogP) is 5.21. The van der Waals surface area contributed by atoms with E-state index in [0.29, 0.717) is 16.9 Å². The molecule has 0 aliphatic carbocycles. The second kappa shape index (κ2) is 8.31. The number of hydrogen-bond acceptors (Lipinski definition) is 7. The van der Waals surface area contributed by atoms with Crippen molar-refractivity contribution >= 4 is 11.8 Å². The highest BCUT2D eigenvalue weighted by Crippen LogP contribution is 2.26. The van der Waals surface area contributed by atoms with Crippen molar-refractivity contribution in [2.45, 2.75) is 31.4 Å². The van der Waals surface area contributed by atoms with Crippen molar-refractivity contribution in [1.82, 2.24) is 15.4 Å². The van der Waals surface area contributed by atoms with Gasteiger partial charge in [0.25, 0.3) is 11.1 Å². The van der Waals surface area contributed by atoms with Gasteiger partial charge in [-0.1, -0.05) is 59.4 Å². The van der Waals surface area contributed by atoms with Crippen molar-refractivity contribution in [2.75, 3.05) is 0 Å². The van der Waals surface area contributed by atoms with Crippen LogP contribution in [0.2, 0.25) is 0 Å². The molecule has 0 amide bonds. The van der Waals surface area contributed by atoms with Crippen LogP contribution in [0.15, 0.2) is 68.8 Å². The highest BCUT2D eigenvalue weighted by Gasteiger charge is 2.11. The summed E-state index contributed by atoms with van der Waals surface area (Å²) in [5.41, 5.74) is 4.02. The number of thioether (sulfide) groups is 1. The number of aromatic nitrogens is 3. The first-order valence-corrected chi connectivity index (χ1v) is 9.82. The van der Waals surface area contributed by atoms with Crippen molar-refractivity contribution in [3.05, 3.63) is 77.3 Å². The quantitative estimate of drug-likeness (QED) is 0.399. The minimum atomic E-state index is 0.236. The number of aryl methyl sites for hydroxylation is 2. The summed E-state index contributed by atoms with van der Waals surface area (Å²) in [5.74, 6) is 2.58. The Hall–Kier alpha value is -3.06. The maximum atomic E-state index is 5.80. The molecule has 0 fully saturated rings. The van der Waals surface area contributed by atoms with Crippen LogP contribution in [0, 0.1) is 13.8 Å². The molecule has 0 unspecified atom stereocenters. The van der Waals surface area contributed by atoms with Crippen LogP contribution in [0.3, 0.4) is 0 Å². The zero-order valence-electron chi connectivity index (χ0n) is 15.6.